The first-order chi connectivity index (χ1) is 9.88. The van der Waals surface area contributed by atoms with Crippen LogP contribution in [0.1, 0.15) is 20.8 Å². The van der Waals surface area contributed by atoms with E-state index in [0.29, 0.717) is 16.4 Å². The lowest BCUT2D eigenvalue weighted by atomic mass is 10.1. The van der Waals surface area contributed by atoms with Crippen LogP contribution in [0.15, 0.2) is 36.7 Å². The summed E-state index contributed by atoms with van der Waals surface area (Å²) in [6.07, 6.45) is 3.47. The molecule has 108 valence electrons. The Kier molecular flexibility index (Phi) is 3.14. The number of aromatic hydroxyl groups is 1. The Bertz CT molecular complexity index is 818. The summed E-state index contributed by atoms with van der Waals surface area (Å²) >= 11 is 6.07. The molecular weight excluding hydrogens is 286 g/mol. The highest BCUT2D eigenvalue weighted by Gasteiger charge is 2.24. The van der Waals surface area contributed by atoms with Crippen LogP contribution in [-0.2, 0) is 5.54 Å². The molecule has 0 aliphatic carbocycles. The van der Waals surface area contributed by atoms with Crippen LogP contribution in [-0.4, -0.2) is 19.6 Å². The molecule has 3 aromatic rings. The molecule has 0 spiro atoms. The van der Waals surface area contributed by atoms with Crippen LogP contribution in [0.2, 0.25) is 5.02 Å². The monoisotopic (exact) mass is 301 g/mol. The lowest BCUT2D eigenvalue weighted by Crippen LogP contribution is -2.22. The van der Waals surface area contributed by atoms with Crippen molar-refractivity contribution in [3.63, 3.8) is 0 Å². The maximum atomic E-state index is 10.2. The summed E-state index contributed by atoms with van der Waals surface area (Å²) in [7, 11) is 0. The number of phenolic OH excluding ortho intramolecular Hbond substituents is 1. The SMILES string of the molecule is CC(C)(C)n1c(-c2cc(Cl)ccc2O)nc2cnccc21. The number of halogens is 1. The van der Waals surface area contributed by atoms with Crippen LogP contribution < -0.4 is 0 Å². The van der Waals surface area contributed by atoms with Crippen molar-refractivity contribution in [3.05, 3.63) is 41.7 Å². The van der Waals surface area contributed by atoms with Crippen molar-refractivity contribution in [1.82, 2.24) is 14.5 Å². The molecule has 0 radical (unpaired) electrons. The lowest BCUT2D eigenvalue weighted by Gasteiger charge is -2.25. The third-order valence-corrected chi connectivity index (χ3v) is 3.56. The number of rotatable bonds is 1. The minimum absolute atomic E-state index is 0.160. The average Bonchev–Trinajstić information content (AvgIpc) is 2.80. The quantitative estimate of drug-likeness (QED) is 0.732. The molecule has 0 aliphatic rings. The third kappa shape index (κ3) is 2.36. The Morgan fingerprint density at radius 2 is 1.95 bits per heavy atom. The first kappa shape index (κ1) is 13.9. The zero-order chi connectivity index (χ0) is 15.2. The van der Waals surface area contributed by atoms with E-state index in [2.05, 4.69) is 35.3 Å². The standard InChI is InChI=1S/C16H16ClN3O/c1-16(2,3)20-13-6-7-18-9-12(13)19-15(20)11-8-10(17)4-5-14(11)21/h4-9,21H,1-3H3. The maximum absolute atomic E-state index is 10.2. The van der Waals surface area contributed by atoms with Crippen LogP contribution >= 0.6 is 11.6 Å². The van der Waals surface area contributed by atoms with E-state index in [1.165, 1.54) is 0 Å². The normalized spacial score (nSPS) is 12.0. The summed E-state index contributed by atoms with van der Waals surface area (Å²) in [5.41, 5.74) is 2.20. The summed E-state index contributed by atoms with van der Waals surface area (Å²) in [6, 6.07) is 6.90. The fourth-order valence-electron chi connectivity index (χ4n) is 2.48. The molecular formula is C16H16ClN3O. The molecule has 0 saturated heterocycles. The van der Waals surface area contributed by atoms with Crippen LogP contribution in [0.4, 0.5) is 0 Å². The molecule has 2 aromatic heterocycles. The van der Waals surface area contributed by atoms with Crippen molar-refractivity contribution in [2.24, 2.45) is 0 Å². The van der Waals surface area contributed by atoms with Crippen LogP contribution in [0.5, 0.6) is 5.75 Å². The van der Waals surface area contributed by atoms with Gasteiger partial charge in [0.2, 0.25) is 0 Å². The topological polar surface area (TPSA) is 50.9 Å². The van der Waals surface area contributed by atoms with Gasteiger partial charge in [-0.05, 0) is 45.0 Å². The van der Waals surface area contributed by atoms with Gasteiger partial charge in [0.05, 0.1) is 17.3 Å². The van der Waals surface area contributed by atoms with E-state index in [4.69, 9.17) is 11.6 Å². The number of hydrogen-bond donors (Lipinski definition) is 1. The Hall–Kier alpha value is -2.07. The average molecular weight is 302 g/mol. The molecule has 0 fully saturated rings. The van der Waals surface area contributed by atoms with Gasteiger partial charge in [-0.15, -0.1) is 0 Å². The van der Waals surface area contributed by atoms with Gasteiger partial charge < -0.3 is 9.67 Å². The van der Waals surface area contributed by atoms with Crippen molar-refractivity contribution < 1.29 is 5.11 Å². The summed E-state index contributed by atoms with van der Waals surface area (Å²) in [5, 5.41) is 10.7. The Labute approximate surface area is 128 Å². The smallest absolute Gasteiger partial charge is 0.145 e. The zero-order valence-corrected chi connectivity index (χ0v) is 12.9. The van der Waals surface area contributed by atoms with Crippen LogP contribution in [0.3, 0.4) is 0 Å². The highest BCUT2D eigenvalue weighted by atomic mass is 35.5. The van der Waals surface area contributed by atoms with Crippen molar-refractivity contribution >= 4 is 22.6 Å². The number of phenols is 1. The van der Waals surface area contributed by atoms with Gasteiger partial charge in [0.1, 0.15) is 17.1 Å². The van der Waals surface area contributed by atoms with E-state index in [1.807, 2.05) is 6.07 Å². The van der Waals surface area contributed by atoms with E-state index in [0.717, 1.165) is 11.0 Å². The second-order valence-corrected chi connectivity index (χ2v) is 6.40. The Morgan fingerprint density at radius 1 is 1.19 bits per heavy atom. The molecule has 4 nitrogen and oxygen atoms in total. The van der Waals surface area contributed by atoms with Crippen molar-refractivity contribution in [2.45, 2.75) is 26.3 Å². The van der Waals surface area contributed by atoms with Crippen molar-refractivity contribution in [2.75, 3.05) is 0 Å². The molecule has 0 bridgehead atoms. The molecule has 1 aromatic carbocycles. The highest BCUT2D eigenvalue weighted by Crippen LogP contribution is 2.36. The van der Waals surface area contributed by atoms with Crippen LogP contribution in [0.25, 0.3) is 22.4 Å². The van der Waals surface area contributed by atoms with Crippen LogP contribution in [0, 0.1) is 0 Å². The summed E-state index contributed by atoms with van der Waals surface area (Å²) in [6.45, 7) is 6.29. The second-order valence-electron chi connectivity index (χ2n) is 5.97. The Balaban J connectivity index is 2.39. The summed E-state index contributed by atoms with van der Waals surface area (Å²) < 4.78 is 2.09. The van der Waals surface area contributed by atoms with Gasteiger partial charge in [0.25, 0.3) is 0 Å². The van der Waals surface area contributed by atoms with Crippen molar-refractivity contribution in [3.8, 4) is 17.1 Å². The fourth-order valence-corrected chi connectivity index (χ4v) is 2.65. The molecule has 0 saturated carbocycles. The predicted molar refractivity (Wildman–Crippen MR) is 84.6 cm³/mol. The molecule has 3 rings (SSSR count). The van der Waals surface area contributed by atoms with Gasteiger partial charge in [0.15, 0.2) is 0 Å². The summed E-state index contributed by atoms with van der Waals surface area (Å²) in [4.78, 5) is 8.75. The number of hydrogen-bond acceptors (Lipinski definition) is 3. The molecule has 21 heavy (non-hydrogen) atoms. The first-order valence-electron chi connectivity index (χ1n) is 6.70. The third-order valence-electron chi connectivity index (χ3n) is 3.33. The van der Waals surface area contributed by atoms with Gasteiger partial charge in [0, 0.05) is 16.8 Å². The van der Waals surface area contributed by atoms with Gasteiger partial charge >= 0.3 is 0 Å². The van der Waals surface area contributed by atoms with E-state index < -0.39 is 0 Å². The first-order valence-corrected chi connectivity index (χ1v) is 7.07. The zero-order valence-electron chi connectivity index (χ0n) is 12.1. The molecule has 1 N–H and O–H groups in total. The molecule has 5 heteroatoms. The van der Waals surface area contributed by atoms with Gasteiger partial charge in [-0.2, -0.15) is 0 Å². The molecule has 0 aliphatic heterocycles. The number of aromatic nitrogens is 3. The number of fused-ring (bicyclic) bond motifs is 1. The van der Waals surface area contributed by atoms with E-state index in [9.17, 15) is 5.11 Å². The Morgan fingerprint density at radius 3 is 2.67 bits per heavy atom. The van der Waals surface area contributed by atoms with Gasteiger partial charge in [-0.25, -0.2) is 4.98 Å². The highest BCUT2D eigenvalue weighted by molar-refractivity contribution is 6.30. The van der Waals surface area contributed by atoms with Gasteiger partial charge in [-0.1, -0.05) is 11.6 Å². The summed E-state index contributed by atoms with van der Waals surface area (Å²) in [5.74, 6) is 0.846. The fraction of sp³-hybridized carbons (Fsp3) is 0.250. The molecule has 0 amide bonds. The van der Waals surface area contributed by atoms with E-state index >= 15 is 0 Å². The second kappa shape index (κ2) is 4.74. The maximum Gasteiger partial charge on any atom is 0.145 e. The molecule has 0 atom stereocenters. The number of benzene rings is 1. The van der Waals surface area contributed by atoms with Crippen molar-refractivity contribution in [1.29, 1.82) is 0 Å². The predicted octanol–water partition coefficient (Wildman–Crippen LogP) is 4.21. The van der Waals surface area contributed by atoms with E-state index in [1.54, 1.807) is 30.6 Å². The van der Waals surface area contributed by atoms with E-state index in [-0.39, 0.29) is 11.3 Å². The largest absolute Gasteiger partial charge is 0.507 e. The van der Waals surface area contributed by atoms with Gasteiger partial charge in [-0.3, -0.25) is 4.98 Å². The number of pyridine rings is 1. The minimum Gasteiger partial charge on any atom is -0.507 e. The lowest BCUT2D eigenvalue weighted by molar-refractivity contribution is 0.411. The minimum atomic E-state index is -0.194. The number of nitrogens with zero attached hydrogens (tertiary/aromatic N) is 3. The number of imidazole rings is 1. The molecule has 2 heterocycles. The molecule has 0 unspecified atom stereocenters.